The smallest absolute Gasteiger partial charge is 0.123 e. The third kappa shape index (κ3) is 4.58. The van der Waals surface area contributed by atoms with Crippen LogP contribution in [0.15, 0.2) is 48.5 Å². The van der Waals surface area contributed by atoms with Crippen molar-refractivity contribution >= 4 is 22.6 Å². The molecule has 2 aromatic carbocycles. The van der Waals surface area contributed by atoms with Gasteiger partial charge in [0.15, 0.2) is 0 Å². The fourth-order valence-electron chi connectivity index (χ4n) is 2.13. The highest BCUT2D eigenvalue weighted by atomic mass is 127. The maximum Gasteiger partial charge on any atom is 0.123 e. The molecule has 0 saturated carbocycles. The molecule has 19 heavy (non-hydrogen) atoms. The standard InChI is InChI=1S/C16H17FIN/c1-19-16(10-12-5-7-15(18)8-6-12)11-13-3-2-4-14(17)9-13/h2-9,16,19H,10-11H2,1H3. The van der Waals surface area contributed by atoms with E-state index >= 15 is 0 Å². The second kappa shape index (κ2) is 7.01. The van der Waals surface area contributed by atoms with E-state index in [0.717, 1.165) is 18.4 Å². The predicted molar refractivity (Wildman–Crippen MR) is 85.8 cm³/mol. The summed E-state index contributed by atoms with van der Waals surface area (Å²) in [6.45, 7) is 0. The molecule has 100 valence electrons. The molecule has 0 saturated heterocycles. The molecule has 0 aliphatic heterocycles. The molecule has 0 heterocycles. The van der Waals surface area contributed by atoms with Gasteiger partial charge in [-0.3, -0.25) is 0 Å². The summed E-state index contributed by atoms with van der Waals surface area (Å²) in [5.41, 5.74) is 2.33. The Bertz CT molecular complexity index is 525. The molecule has 2 rings (SSSR count). The number of hydrogen-bond donors (Lipinski definition) is 1. The van der Waals surface area contributed by atoms with Crippen molar-refractivity contribution in [3.63, 3.8) is 0 Å². The van der Waals surface area contributed by atoms with Crippen LogP contribution in [0.1, 0.15) is 11.1 Å². The van der Waals surface area contributed by atoms with Crippen LogP contribution in [0.5, 0.6) is 0 Å². The molecule has 1 atom stereocenters. The molecule has 1 unspecified atom stereocenters. The Hall–Kier alpha value is -0.940. The molecule has 1 N–H and O–H groups in total. The van der Waals surface area contributed by atoms with Crippen LogP contribution in [-0.2, 0) is 12.8 Å². The zero-order valence-electron chi connectivity index (χ0n) is 10.9. The van der Waals surface area contributed by atoms with E-state index in [9.17, 15) is 4.39 Å². The first kappa shape index (κ1) is 14.5. The third-order valence-corrected chi connectivity index (χ3v) is 3.89. The Morgan fingerprint density at radius 3 is 2.37 bits per heavy atom. The van der Waals surface area contributed by atoms with Crippen molar-refractivity contribution < 1.29 is 4.39 Å². The maximum atomic E-state index is 13.2. The van der Waals surface area contributed by atoms with Crippen LogP contribution in [0.25, 0.3) is 0 Å². The molecule has 0 fully saturated rings. The van der Waals surface area contributed by atoms with Crippen LogP contribution in [0.4, 0.5) is 4.39 Å². The normalized spacial score (nSPS) is 12.4. The first-order chi connectivity index (χ1) is 9.17. The number of nitrogens with one attached hydrogen (secondary N) is 1. The van der Waals surface area contributed by atoms with Crippen molar-refractivity contribution in [3.05, 3.63) is 69.0 Å². The first-order valence-electron chi connectivity index (χ1n) is 6.33. The Balaban J connectivity index is 2.02. The van der Waals surface area contributed by atoms with E-state index in [0.29, 0.717) is 6.04 Å². The van der Waals surface area contributed by atoms with Crippen LogP contribution < -0.4 is 5.32 Å². The van der Waals surface area contributed by atoms with Crippen molar-refractivity contribution in [1.29, 1.82) is 0 Å². The number of rotatable bonds is 5. The zero-order valence-corrected chi connectivity index (χ0v) is 13.0. The lowest BCUT2D eigenvalue weighted by Gasteiger charge is -2.16. The summed E-state index contributed by atoms with van der Waals surface area (Å²) in [5.74, 6) is -0.165. The van der Waals surface area contributed by atoms with Crippen LogP contribution in [0, 0.1) is 9.39 Å². The molecule has 3 heteroatoms. The monoisotopic (exact) mass is 369 g/mol. The summed E-state index contributed by atoms with van der Waals surface area (Å²) >= 11 is 2.30. The van der Waals surface area contributed by atoms with Crippen LogP contribution >= 0.6 is 22.6 Å². The number of hydrogen-bond acceptors (Lipinski definition) is 1. The van der Waals surface area contributed by atoms with E-state index in [4.69, 9.17) is 0 Å². The van der Waals surface area contributed by atoms with Gasteiger partial charge in [0.25, 0.3) is 0 Å². The Labute approximate surface area is 127 Å². The SMILES string of the molecule is CNC(Cc1ccc(I)cc1)Cc1cccc(F)c1. The third-order valence-electron chi connectivity index (χ3n) is 3.17. The summed E-state index contributed by atoms with van der Waals surface area (Å²) in [5, 5.41) is 3.31. The van der Waals surface area contributed by atoms with Gasteiger partial charge in [0, 0.05) is 9.61 Å². The minimum atomic E-state index is -0.165. The van der Waals surface area contributed by atoms with Gasteiger partial charge in [0.1, 0.15) is 5.82 Å². The lowest BCUT2D eigenvalue weighted by atomic mass is 9.99. The number of benzene rings is 2. The first-order valence-corrected chi connectivity index (χ1v) is 7.41. The van der Waals surface area contributed by atoms with Crippen molar-refractivity contribution in [3.8, 4) is 0 Å². The van der Waals surface area contributed by atoms with E-state index in [2.05, 4.69) is 52.2 Å². The van der Waals surface area contributed by atoms with Crippen LogP contribution in [-0.4, -0.2) is 13.1 Å². The summed E-state index contributed by atoms with van der Waals surface area (Å²) in [6, 6.07) is 15.7. The van der Waals surface area contributed by atoms with Gasteiger partial charge in [-0.1, -0.05) is 24.3 Å². The van der Waals surface area contributed by atoms with Crippen molar-refractivity contribution in [2.24, 2.45) is 0 Å². The molecular formula is C16H17FIN. The summed E-state index contributed by atoms with van der Waals surface area (Å²) in [6.07, 6.45) is 1.78. The summed E-state index contributed by atoms with van der Waals surface area (Å²) in [7, 11) is 1.96. The quantitative estimate of drug-likeness (QED) is 0.791. The van der Waals surface area contributed by atoms with Crippen molar-refractivity contribution in [1.82, 2.24) is 5.32 Å². The largest absolute Gasteiger partial charge is 0.316 e. The highest BCUT2D eigenvalue weighted by molar-refractivity contribution is 14.1. The molecule has 2 aromatic rings. The van der Waals surface area contributed by atoms with Gasteiger partial charge < -0.3 is 5.32 Å². The average molecular weight is 369 g/mol. The molecule has 0 radical (unpaired) electrons. The molecule has 0 aliphatic rings. The maximum absolute atomic E-state index is 13.2. The molecule has 0 amide bonds. The molecule has 0 spiro atoms. The van der Waals surface area contributed by atoms with E-state index in [1.54, 1.807) is 12.1 Å². The van der Waals surface area contributed by atoms with Crippen molar-refractivity contribution in [2.75, 3.05) is 7.05 Å². The lowest BCUT2D eigenvalue weighted by molar-refractivity contribution is 0.553. The fraction of sp³-hybridized carbons (Fsp3) is 0.250. The van der Waals surface area contributed by atoms with E-state index in [1.165, 1.54) is 15.2 Å². The highest BCUT2D eigenvalue weighted by Crippen LogP contribution is 2.12. The zero-order chi connectivity index (χ0) is 13.7. The summed E-state index contributed by atoms with van der Waals surface area (Å²) < 4.78 is 14.4. The Kier molecular flexibility index (Phi) is 5.34. The molecule has 0 bridgehead atoms. The molecule has 0 aliphatic carbocycles. The minimum absolute atomic E-state index is 0.165. The minimum Gasteiger partial charge on any atom is -0.316 e. The predicted octanol–water partition coefficient (Wildman–Crippen LogP) is 3.80. The second-order valence-electron chi connectivity index (χ2n) is 4.65. The highest BCUT2D eigenvalue weighted by Gasteiger charge is 2.09. The average Bonchev–Trinajstić information content (AvgIpc) is 2.40. The van der Waals surface area contributed by atoms with E-state index in [1.807, 2.05) is 13.1 Å². The van der Waals surface area contributed by atoms with Gasteiger partial charge in [0.05, 0.1) is 0 Å². The van der Waals surface area contributed by atoms with Gasteiger partial charge in [-0.05, 0) is 77.9 Å². The second-order valence-corrected chi connectivity index (χ2v) is 5.90. The van der Waals surface area contributed by atoms with Gasteiger partial charge >= 0.3 is 0 Å². The van der Waals surface area contributed by atoms with Gasteiger partial charge in [-0.2, -0.15) is 0 Å². The van der Waals surface area contributed by atoms with Crippen LogP contribution in [0.2, 0.25) is 0 Å². The molecular weight excluding hydrogens is 352 g/mol. The number of likely N-dealkylation sites (N-methyl/N-ethyl adjacent to an activating group) is 1. The summed E-state index contributed by atoms with van der Waals surface area (Å²) in [4.78, 5) is 0. The van der Waals surface area contributed by atoms with E-state index < -0.39 is 0 Å². The lowest BCUT2D eigenvalue weighted by Crippen LogP contribution is -2.29. The Morgan fingerprint density at radius 1 is 1.05 bits per heavy atom. The molecule has 1 nitrogen and oxygen atoms in total. The van der Waals surface area contributed by atoms with Crippen LogP contribution in [0.3, 0.4) is 0 Å². The topological polar surface area (TPSA) is 12.0 Å². The molecule has 0 aromatic heterocycles. The van der Waals surface area contributed by atoms with Crippen molar-refractivity contribution in [2.45, 2.75) is 18.9 Å². The van der Waals surface area contributed by atoms with E-state index in [-0.39, 0.29) is 5.82 Å². The van der Waals surface area contributed by atoms with Gasteiger partial charge in [-0.25, -0.2) is 4.39 Å². The van der Waals surface area contributed by atoms with Gasteiger partial charge in [-0.15, -0.1) is 0 Å². The number of halogens is 2. The fourth-order valence-corrected chi connectivity index (χ4v) is 2.49. The Morgan fingerprint density at radius 2 is 1.74 bits per heavy atom. The van der Waals surface area contributed by atoms with Gasteiger partial charge in [0.2, 0.25) is 0 Å².